The van der Waals surface area contributed by atoms with Crippen LogP contribution in [-0.4, -0.2) is 18.7 Å². The Kier molecular flexibility index (Phi) is 5.59. The molecule has 0 aromatic heterocycles. The lowest BCUT2D eigenvalue weighted by Crippen LogP contribution is -2.36. The summed E-state index contributed by atoms with van der Waals surface area (Å²) < 4.78 is 5.67. The van der Waals surface area contributed by atoms with Crippen molar-refractivity contribution < 1.29 is 9.53 Å². The van der Waals surface area contributed by atoms with Crippen LogP contribution >= 0.6 is 0 Å². The summed E-state index contributed by atoms with van der Waals surface area (Å²) in [5.41, 5.74) is 2.40. The quantitative estimate of drug-likeness (QED) is 0.799. The standard InChI is InChI=1S/C21H26N2O2/c1-15(2)25-19-10-6-7-16(11-19)13-22-21(24)23-14-18-12-20(18)17-8-4-3-5-9-17/h3-11,15,18,20H,12-14H2,1-2H3,(H2,22,23,24). The predicted molar refractivity (Wildman–Crippen MR) is 99.7 cm³/mol. The van der Waals surface area contributed by atoms with E-state index in [4.69, 9.17) is 4.74 Å². The van der Waals surface area contributed by atoms with E-state index in [0.29, 0.717) is 18.4 Å². The highest BCUT2D eigenvalue weighted by atomic mass is 16.5. The number of carbonyl (C=O) groups is 1. The van der Waals surface area contributed by atoms with Crippen LogP contribution in [0.15, 0.2) is 54.6 Å². The van der Waals surface area contributed by atoms with Gasteiger partial charge in [-0.25, -0.2) is 4.79 Å². The molecular formula is C21H26N2O2. The SMILES string of the molecule is CC(C)Oc1cccc(CNC(=O)NCC2CC2c2ccccc2)c1. The molecule has 2 aromatic carbocycles. The molecule has 0 spiro atoms. The number of nitrogens with one attached hydrogen (secondary N) is 2. The molecule has 1 saturated carbocycles. The maximum absolute atomic E-state index is 12.0. The molecule has 2 aromatic rings. The maximum atomic E-state index is 12.0. The van der Waals surface area contributed by atoms with E-state index in [9.17, 15) is 4.79 Å². The minimum atomic E-state index is -0.117. The fourth-order valence-electron chi connectivity index (χ4n) is 3.05. The zero-order chi connectivity index (χ0) is 17.6. The van der Waals surface area contributed by atoms with E-state index in [0.717, 1.165) is 24.3 Å². The van der Waals surface area contributed by atoms with Gasteiger partial charge in [0.15, 0.2) is 0 Å². The molecule has 1 fully saturated rings. The highest BCUT2D eigenvalue weighted by Crippen LogP contribution is 2.46. The number of hydrogen-bond donors (Lipinski definition) is 2. The Morgan fingerprint density at radius 1 is 1.12 bits per heavy atom. The average Bonchev–Trinajstić information content (AvgIpc) is 3.38. The number of amides is 2. The Hall–Kier alpha value is -2.49. The third kappa shape index (κ3) is 5.24. The number of hydrogen-bond acceptors (Lipinski definition) is 2. The van der Waals surface area contributed by atoms with Crippen molar-refractivity contribution in [3.05, 3.63) is 65.7 Å². The lowest BCUT2D eigenvalue weighted by molar-refractivity contribution is 0.239. The second-order valence-corrected chi connectivity index (χ2v) is 6.89. The van der Waals surface area contributed by atoms with Crippen LogP contribution in [0.2, 0.25) is 0 Å². The van der Waals surface area contributed by atoms with Gasteiger partial charge in [-0.15, -0.1) is 0 Å². The molecule has 0 saturated heterocycles. The first kappa shape index (κ1) is 17.3. The molecule has 2 atom stereocenters. The summed E-state index contributed by atoms with van der Waals surface area (Å²) in [4.78, 5) is 12.0. The van der Waals surface area contributed by atoms with Gasteiger partial charge in [0.25, 0.3) is 0 Å². The Balaban J connectivity index is 1.39. The summed E-state index contributed by atoms with van der Waals surface area (Å²) in [6.07, 6.45) is 1.29. The third-order valence-corrected chi connectivity index (χ3v) is 4.40. The summed E-state index contributed by atoms with van der Waals surface area (Å²) in [6, 6.07) is 18.2. The van der Waals surface area contributed by atoms with E-state index in [2.05, 4.69) is 34.9 Å². The predicted octanol–water partition coefficient (Wildman–Crippen LogP) is 4.08. The molecule has 4 nitrogen and oxygen atoms in total. The van der Waals surface area contributed by atoms with Gasteiger partial charge in [-0.3, -0.25) is 0 Å². The molecule has 132 valence electrons. The summed E-state index contributed by atoms with van der Waals surface area (Å²) in [5, 5.41) is 5.89. The summed E-state index contributed by atoms with van der Waals surface area (Å²) in [6.45, 7) is 5.22. The van der Waals surface area contributed by atoms with Crippen molar-refractivity contribution in [2.24, 2.45) is 5.92 Å². The van der Waals surface area contributed by atoms with E-state index < -0.39 is 0 Å². The van der Waals surface area contributed by atoms with Crippen LogP contribution in [-0.2, 0) is 6.54 Å². The van der Waals surface area contributed by atoms with Gasteiger partial charge in [0.05, 0.1) is 6.10 Å². The normalized spacial score (nSPS) is 18.7. The Morgan fingerprint density at radius 3 is 2.68 bits per heavy atom. The lowest BCUT2D eigenvalue weighted by Gasteiger charge is -2.12. The number of urea groups is 1. The average molecular weight is 338 g/mol. The molecule has 2 N–H and O–H groups in total. The first-order valence-electron chi connectivity index (χ1n) is 8.94. The zero-order valence-electron chi connectivity index (χ0n) is 14.9. The number of rotatable bonds is 7. The van der Waals surface area contributed by atoms with Crippen LogP contribution in [0.4, 0.5) is 4.79 Å². The molecule has 3 rings (SSSR count). The van der Waals surface area contributed by atoms with Crippen LogP contribution in [0.25, 0.3) is 0 Å². The Bertz CT molecular complexity index is 700. The van der Waals surface area contributed by atoms with Crippen LogP contribution in [0, 0.1) is 5.92 Å². The molecule has 4 heteroatoms. The van der Waals surface area contributed by atoms with E-state index in [-0.39, 0.29) is 12.1 Å². The third-order valence-electron chi connectivity index (χ3n) is 4.40. The summed E-state index contributed by atoms with van der Waals surface area (Å²) in [5.74, 6) is 1.97. The molecular weight excluding hydrogens is 312 g/mol. The van der Waals surface area contributed by atoms with Gasteiger partial charge in [0.2, 0.25) is 0 Å². The molecule has 0 radical (unpaired) electrons. The van der Waals surface area contributed by atoms with E-state index in [1.165, 1.54) is 5.56 Å². The molecule has 0 aliphatic heterocycles. The first-order chi connectivity index (χ1) is 12.1. The number of carbonyl (C=O) groups excluding carboxylic acids is 1. The van der Waals surface area contributed by atoms with Crippen molar-refractivity contribution in [3.63, 3.8) is 0 Å². The van der Waals surface area contributed by atoms with Crippen molar-refractivity contribution >= 4 is 6.03 Å². The fourth-order valence-corrected chi connectivity index (χ4v) is 3.05. The van der Waals surface area contributed by atoms with Gasteiger partial charge in [0, 0.05) is 13.1 Å². The molecule has 2 unspecified atom stereocenters. The van der Waals surface area contributed by atoms with Crippen molar-refractivity contribution in [2.45, 2.75) is 38.8 Å². The van der Waals surface area contributed by atoms with Crippen LogP contribution in [0.3, 0.4) is 0 Å². The van der Waals surface area contributed by atoms with Crippen LogP contribution in [0.1, 0.15) is 37.3 Å². The Morgan fingerprint density at radius 2 is 1.92 bits per heavy atom. The highest BCUT2D eigenvalue weighted by molar-refractivity contribution is 5.73. The maximum Gasteiger partial charge on any atom is 0.315 e. The van der Waals surface area contributed by atoms with Crippen molar-refractivity contribution in [2.75, 3.05) is 6.54 Å². The van der Waals surface area contributed by atoms with Gasteiger partial charge in [-0.2, -0.15) is 0 Å². The van der Waals surface area contributed by atoms with E-state index in [1.54, 1.807) is 0 Å². The van der Waals surface area contributed by atoms with E-state index in [1.807, 2.05) is 44.2 Å². The van der Waals surface area contributed by atoms with Crippen LogP contribution < -0.4 is 15.4 Å². The largest absolute Gasteiger partial charge is 0.491 e. The molecule has 0 heterocycles. The van der Waals surface area contributed by atoms with Gasteiger partial charge in [-0.05, 0) is 55.4 Å². The zero-order valence-corrected chi connectivity index (χ0v) is 14.9. The van der Waals surface area contributed by atoms with Crippen molar-refractivity contribution in [3.8, 4) is 5.75 Å². The monoisotopic (exact) mass is 338 g/mol. The van der Waals surface area contributed by atoms with Gasteiger partial charge >= 0.3 is 6.03 Å². The second kappa shape index (κ2) is 8.06. The minimum absolute atomic E-state index is 0.117. The van der Waals surface area contributed by atoms with Gasteiger partial charge in [0.1, 0.15) is 5.75 Å². The summed E-state index contributed by atoms with van der Waals surface area (Å²) >= 11 is 0. The molecule has 1 aliphatic carbocycles. The number of ether oxygens (including phenoxy) is 1. The van der Waals surface area contributed by atoms with Crippen molar-refractivity contribution in [1.29, 1.82) is 0 Å². The molecule has 1 aliphatic rings. The first-order valence-corrected chi connectivity index (χ1v) is 8.94. The lowest BCUT2D eigenvalue weighted by atomic mass is 10.1. The molecule has 0 bridgehead atoms. The molecule has 25 heavy (non-hydrogen) atoms. The van der Waals surface area contributed by atoms with E-state index >= 15 is 0 Å². The minimum Gasteiger partial charge on any atom is -0.491 e. The van der Waals surface area contributed by atoms with Crippen molar-refractivity contribution in [1.82, 2.24) is 10.6 Å². The number of benzene rings is 2. The smallest absolute Gasteiger partial charge is 0.315 e. The van der Waals surface area contributed by atoms with Gasteiger partial charge < -0.3 is 15.4 Å². The summed E-state index contributed by atoms with van der Waals surface area (Å²) in [7, 11) is 0. The highest BCUT2D eigenvalue weighted by Gasteiger charge is 2.37. The fraction of sp³-hybridized carbons (Fsp3) is 0.381. The van der Waals surface area contributed by atoms with Gasteiger partial charge in [-0.1, -0.05) is 42.5 Å². The molecule has 2 amide bonds. The second-order valence-electron chi connectivity index (χ2n) is 6.89. The van der Waals surface area contributed by atoms with Crippen LogP contribution in [0.5, 0.6) is 5.75 Å². The Labute approximate surface area is 149 Å². The topological polar surface area (TPSA) is 50.4 Å².